The number of rotatable bonds is 4. The molecular weight excluding hydrogens is 450 g/mol. The summed E-state index contributed by atoms with van der Waals surface area (Å²) in [7, 11) is 0. The fraction of sp³-hybridized carbons (Fsp3) is 0.118. The van der Waals surface area contributed by atoms with E-state index in [2.05, 4.69) is 36.4 Å². The van der Waals surface area contributed by atoms with Crippen LogP contribution in [-0.2, 0) is 0 Å². The van der Waals surface area contributed by atoms with Crippen LogP contribution in [0.25, 0.3) is 17.3 Å². The summed E-state index contributed by atoms with van der Waals surface area (Å²) in [5.74, 6) is 0.350. The largest absolute Gasteiger partial charge is 0.448 e. The molecule has 28 heavy (non-hydrogen) atoms. The molecule has 0 radical (unpaired) electrons. The quantitative estimate of drug-likeness (QED) is 0.343. The van der Waals surface area contributed by atoms with E-state index in [4.69, 9.17) is 9.15 Å². The van der Waals surface area contributed by atoms with Crippen molar-refractivity contribution in [2.45, 2.75) is 11.4 Å². The molecule has 1 aliphatic heterocycles. The second-order valence-corrected chi connectivity index (χ2v) is 7.31. The van der Waals surface area contributed by atoms with Gasteiger partial charge >= 0.3 is 5.88 Å². The van der Waals surface area contributed by atoms with Gasteiger partial charge in [-0.05, 0) is 42.7 Å². The minimum Gasteiger partial charge on any atom is -0.448 e. The molecule has 9 nitrogen and oxygen atoms in total. The average Bonchev–Trinajstić information content (AvgIpc) is 3.11. The van der Waals surface area contributed by atoms with Gasteiger partial charge in [-0.15, -0.1) is 10.2 Å². The molecule has 4 rings (SSSR count). The highest BCUT2D eigenvalue weighted by molar-refractivity contribution is 9.10. The number of halogens is 1. The number of benzene rings is 1. The number of anilines is 1. The molecule has 1 aromatic carbocycles. The molecule has 0 amide bonds. The Hall–Kier alpha value is -2.92. The zero-order chi connectivity index (χ0) is 19.7. The van der Waals surface area contributed by atoms with E-state index in [1.54, 1.807) is 12.2 Å². The minimum atomic E-state index is -0.600. The lowest BCUT2D eigenvalue weighted by molar-refractivity contribution is -0.402. The first kappa shape index (κ1) is 18.4. The van der Waals surface area contributed by atoms with E-state index in [-0.39, 0.29) is 5.88 Å². The maximum Gasteiger partial charge on any atom is 0.433 e. The van der Waals surface area contributed by atoms with Crippen molar-refractivity contribution in [1.29, 1.82) is 0 Å². The molecule has 1 atom stereocenters. The predicted molar refractivity (Wildman–Crippen MR) is 107 cm³/mol. The lowest BCUT2D eigenvalue weighted by atomic mass is 10.1. The Kier molecular flexibility index (Phi) is 5.01. The van der Waals surface area contributed by atoms with Crippen LogP contribution < -0.4 is 10.1 Å². The van der Waals surface area contributed by atoms with E-state index in [0.29, 0.717) is 22.5 Å². The number of nitrogens with zero attached hydrogens (tertiary/aromatic N) is 4. The third-order valence-corrected chi connectivity index (χ3v) is 4.85. The number of nitrogens with one attached hydrogen (secondary N) is 1. The Morgan fingerprint density at radius 1 is 1.32 bits per heavy atom. The number of furan rings is 1. The molecule has 0 aliphatic carbocycles. The van der Waals surface area contributed by atoms with Crippen LogP contribution in [-0.4, -0.2) is 32.6 Å². The standard InChI is InChI=1S/C17H12BrN5O4S/c1-28-17-20-16-15(21-22-17)11-8-9(18)2-5-12(11)19-13(27-16)6-3-10-4-7-14(26-10)23(24)25/h2-8,13,19H,1H3/b6-3+. The van der Waals surface area contributed by atoms with Crippen molar-refractivity contribution in [3.8, 4) is 17.1 Å². The van der Waals surface area contributed by atoms with Crippen molar-refractivity contribution in [1.82, 2.24) is 15.2 Å². The van der Waals surface area contributed by atoms with Crippen LogP contribution >= 0.6 is 27.7 Å². The van der Waals surface area contributed by atoms with E-state index in [0.717, 1.165) is 15.7 Å². The molecule has 142 valence electrons. The first-order chi connectivity index (χ1) is 13.5. The van der Waals surface area contributed by atoms with Crippen molar-refractivity contribution < 1.29 is 14.1 Å². The molecule has 0 saturated heterocycles. The lowest BCUT2D eigenvalue weighted by Crippen LogP contribution is -2.23. The first-order valence-corrected chi connectivity index (χ1v) is 9.99. The van der Waals surface area contributed by atoms with Crippen LogP contribution in [0, 0.1) is 10.1 Å². The Balaban J connectivity index is 1.71. The number of hydrogen-bond donors (Lipinski definition) is 1. The number of ether oxygens (including phenoxy) is 1. The first-order valence-electron chi connectivity index (χ1n) is 7.98. The van der Waals surface area contributed by atoms with E-state index in [1.807, 2.05) is 24.5 Å². The second-order valence-electron chi connectivity index (χ2n) is 5.62. The van der Waals surface area contributed by atoms with Crippen molar-refractivity contribution in [3.05, 3.63) is 56.8 Å². The summed E-state index contributed by atoms with van der Waals surface area (Å²) in [4.78, 5) is 14.6. The maximum atomic E-state index is 10.8. The van der Waals surface area contributed by atoms with Gasteiger partial charge in [0.15, 0.2) is 11.9 Å². The number of aromatic nitrogens is 3. The molecular formula is C17H12BrN5O4S. The number of nitro groups is 1. The summed E-state index contributed by atoms with van der Waals surface area (Å²) in [5, 5.41) is 22.9. The highest BCUT2D eigenvalue weighted by atomic mass is 79.9. The molecule has 3 aromatic rings. The van der Waals surface area contributed by atoms with Crippen LogP contribution in [0.5, 0.6) is 5.88 Å². The number of fused-ring (bicyclic) bond motifs is 3. The van der Waals surface area contributed by atoms with E-state index in [1.165, 1.54) is 23.9 Å². The van der Waals surface area contributed by atoms with E-state index in [9.17, 15) is 10.1 Å². The van der Waals surface area contributed by atoms with Gasteiger partial charge in [0.2, 0.25) is 11.0 Å². The van der Waals surface area contributed by atoms with Crippen LogP contribution in [0.3, 0.4) is 0 Å². The minimum absolute atomic E-state index is 0.323. The fourth-order valence-electron chi connectivity index (χ4n) is 2.58. The molecule has 1 aliphatic rings. The molecule has 0 fully saturated rings. The van der Waals surface area contributed by atoms with Crippen LogP contribution in [0.2, 0.25) is 0 Å². The number of thioether (sulfide) groups is 1. The number of hydrogen-bond acceptors (Lipinski definition) is 9. The van der Waals surface area contributed by atoms with Gasteiger partial charge in [0.05, 0.1) is 6.07 Å². The molecule has 0 saturated carbocycles. The topological polar surface area (TPSA) is 116 Å². The smallest absolute Gasteiger partial charge is 0.433 e. The summed E-state index contributed by atoms with van der Waals surface area (Å²) in [6, 6.07) is 8.50. The SMILES string of the molecule is CSc1nnc2c(n1)OC(/C=C/c1ccc([N+](=O)[O-])o1)Nc1ccc(Br)cc1-2. The molecule has 3 heterocycles. The zero-order valence-corrected chi connectivity index (χ0v) is 16.7. The van der Waals surface area contributed by atoms with Crippen molar-refractivity contribution in [3.63, 3.8) is 0 Å². The molecule has 0 spiro atoms. The van der Waals surface area contributed by atoms with Crippen LogP contribution in [0.4, 0.5) is 11.6 Å². The molecule has 1 unspecified atom stereocenters. The molecule has 2 aromatic heterocycles. The van der Waals surface area contributed by atoms with Gasteiger partial charge in [0.25, 0.3) is 0 Å². The average molecular weight is 462 g/mol. The predicted octanol–water partition coefficient (Wildman–Crippen LogP) is 4.37. The summed E-state index contributed by atoms with van der Waals surface area (Å²) in [5.41, 5.74) is 2.10. The maximum absolute atomic E-state index is 10.8. The summed E-state index contributed by atoms with van der Waals surface area (Å²) >= 11 is 4.82. The third-order valence-electron chi connectivity index (χ3n) is 3.82. The van der Waals surface area contributed by atoms with Crippen LogP contribution in [0.1, 0.15) is 5.76 Å². The van der Waals surface area contributed by atoms with E-state index >= 15 is 0 Å². The van der Waals surface area contributed by atoms with Crippen molar-refractivity contribution >= 4 is 45.3 Å². The third kappa shape index (κ3) is 3.71. The Labute approximate surface area is 171 Å². The monoisotopic (exact) mass is 461 g/mol. The van der Waals surface area contributed by atoms with Gasteiger partial charge in [0, 0.05) is 15.7 Å². The van der Waals surface area contributed by atoms with Gasteiger partial charge in [0.1, 0.15) is 10.7 Å². The zero-order valence-electron chi connectivity index (χ0n) is 14.3. The van der Waals surface area contributed by atoms with Gasteiger partial charge in [-0.2, -0.15) is 4.98 Å². The fourth-order valence-corrected chi connectivity index (χ4v) is 3.23. The second kappa shape index (κ2) is 7.60. The highest BCUT2D eigenvalue weighted by Gasteiger charge is 2.24. The lowest BCUT2D eigenvalue weighted by Gasteiger charge is -2.15. The Morgan fingerprint density at radius 3 is 2.93 bits per heavy atom. The Morgan fingerprint density at radius 2 is 2.18 bits per heavy atom. The van der Waals surface area contributed by atoms with Crippen molar-refractivity contribution in [2.75, 3.05) is 11.6 Å². The van der Waals surface area contributed by atoms with Gasteiger partial charge in [-0.1, -0.05) is 27.7 Å². The van der Waals surface area contributed by atoms with Crippen molar-refractivity contribution in [2.24, 2.45) is 0 Å². The van der Waals surface area contributed by atoms with Gasteiger partial charge in [-0.3, -0.25) is 10.1 Å². The normalized spacial score (nSPS) is 15.3. The molecule has 0 bridgehead atoms. The molecule has 11 heteroatoms. The molecule has 1 N–H and O–H groups in total. The summed E-state index contributed by atoms with van der Waals surface area (Å²) in [6.07, 6.45) is 4.53. The summed E-state index contributed by atoms with van der Waals surface area (Å²) < 4.78 is 12.0. The Bertz CT molecular complexity index is 1090. The summed E-state index contributed by atoms with van der Waals surface area (Å²) in [6.45, 7) is 0. The highest BCUT2D eigenvalue weighted by Crippen LogP contribution is 2.38. The van der Waals surface area contributed by atoms with Gasteiger partial charge < -0.3 is 14.5 Å². The van der Waals surface area contributed by atoms with E-state index < -0.39 is 11.2 Å². The van der Waals surface area contributed by atoms with Crippen LogP contribution in [0.15, 0.2) is 50.5 Å². The van der Waals surface area contributed by atoms with Gasteiger partial charge in [-0.25, -0.2) is 0 Å².